The van der Waals surface area contributed by atoms with Crippen molar-refractivity contribution in [3.63, 3.8) is 0 Å². The van der Waals surface area contributed by atoms with Gasteiger partial charge in [-0.25, -0.2) is 9.59 Å². The van der Waals surface area contributed by atoms with Crippen LogP contribution < -0.4 is 10.6 Å². The van der Waals surface area contributed by atoms with Crippen LogP contribution in [0.5, 0.6) is 0 Å². The van der Waals surface area contributed by atoms with Gasteiger partial charge in [-0.15, -0.1) is 0 Å². The zero-order chi connectivity index (χ0) is 23.7. The third-order valence-electron chi connectivity index (χ3n) is 7.45. The Balaban J connectivity index is 1.20. The number of hydrogen-bond donors (Lipinski definition) is 3. The smallest absolute Gasteiger partial charge is 0.407 e. The van der Waals surface area contributed by atoms with E-state index in [2.05, 4.69) is 34.9 Å². The molecule has 2 aromatic carbocycles. The Hall–Kier alpha value is -3.35. The molecule has 3 N–H and O–H groups in total. The van der Waals surface area contributed by atoms with Crippen LogP contribution in [0.2, 0.25) is 0 Å². The van der Waals surface area contributed by atoms with Gasteiger partial charge in [0.25, 0.3) is 0 Å². The Morgan fingerprint density at radius 1 is 0.882 bits per heavy atom. The average molecular weight is 463 g/mol. The summed E-state index contributed by atoms with van der Waals surface area (Å²) in [6.45, 7) is 0.214. The van der Waals surface area contributed by atoms with E-state index in [1.807, 2.05) is 24.3 Å². The number of ether oxygens (including phenoxy) is 1. The predicted octanol–water partition coefficient (Wildman–Crippen LogP) is 4.06. The van der Waals surface area contributed by atoms with Crippen molar-refractivity contribution in [2.24, 2.45) is 11.8 Å². The molecule has 2 amide bonds. The monoisotopic (exact) mass is 462 g/mol. The fraction of sp³-hybridized carbons (Fsp3) is 0.444. The van der Waals surface area contributed by atoms with Crippen LogP contribution in [0.1, 0.15) is 55.6 Å². The number of carboxylic acid groups (broad SMARTS) is 1. The maximum absolute atomic E-state index is 12.7. The fourth-order valence-corrected chi connectivity index (χ4v) is 5.21. The minimum absolute atomic E-state index is 0.0127. The van der Waals surface area contributed by atoms with Crippen molar-refractivity contribution in [3.8, 4) is 11.1 Å². The molecule has 2 saturated carbocycles. The van der Waals surface area contributed by atoms with Gasteiger partial charge in [-0.3, -0.25) is 4.79 Å². The molecule has 0 radical (unpaired) electrons. The lowest BCUT2D eigenvalue weighted by Crippen LogP contribution is -2.49. The van der Waals surface area contributed by atoms with Crippen LogP contribution in [0.3, 0.4) is 0 Å². The average Bonchev–Trinajstić information content (AvgIpc) is 3.57. The molecule has 7 heteroatoms. The van der Waals surface area contributed by atoms with E-state index < -0.39 is 18.1 Å². The van der Waals surface area contributed by atoms with Crippen LogP contribution in [-0.4, -0.2) is 41.8 Å². The Morgan fingerprint density at radius 2 is 1.50 bits per heavy atom. The van der Waals surface area contributed by atoms with E-state index >= 15 is 0 Å². The standard InChI is InChI=1S/C27H30N2O5/c30-24(29-25(26(31)32)17-12-13-17)14-23(16-6-5-7-16)28-27(33)34-15-22-20-10-3-1-8-18(20)19-9-2-4-11-21(19)22/h1-4,8-11,16-17,22-23,25H,5-7,12-15H2,(H,28,33)(H,29,30)(H,31,32). The zero-order valence-electron chi connectivity index (χ0n) is 19.0. The summed E-state index contributed by atoms with van der Waals surface area (Å²) in [6, 6.07) is 15.1. The minimum Gasteiger partial charge on any atom is -0.480 e. The van der Waals surface area contributed by atoms with Crippen LogP contribution in [0, 0.1) is 11.8 Å². The molecule has 7 nitrogen and oxygen atoms in total. The van der Waals surface area contributed by atoms with Gasteiger partial charge in [-0.05, 0) is 59.8 Å². The maximum Gasteiger partial charge on any atom is 0.407 e. The molecule has 34 heavy (non-hydrogen) atoms. The summed E-state index contributed by atoms with van der Waals surface area (Å²) in [5, 5.41) is 14.9. The molecular formula is C27H30N2O5. The number of aliphatic carboxylic acids is 1. The molecule has 0 spiro atoms. The molecule has 2 unspecified atom stereocenters. The van der Waals surface area contributed by atoms with E-state index in [4.69, 9.17) is 4.74 Å². The number of amides is 2. The first-order valence-electron chi connectivity index (χ1n) is 12.1. The summed E-state index contributed by atoms with van der Waals surface area (Å²) < 4.78 is 5.66. The first kappa shape index (κ1) is 22.4. The molecule has 0 heterocycles. The predicted molar refractivity (Wildman–Crippen MR) is 126 cm³/mol. The summed E-state index contributed by atoms with van der Waals surface area (Å²) in [5.74, 6) is -1.15. The van der Waals surface area contributed by atoms with E-state index in [0.29, 0.717) is 0 Å². The molecular weight excluding hydrogens is 432 g/mol. The summed E-state index contributed by atoms with van der Waals surface area (Å²) in [7, 11) is 0. The van der Waals surface area contributed by atoms with E-state index in [1.54, 1.807) is 0 Å². The molecule has 2 aromatic rings. The molecule has 5 rings (SSSR count). The molecule has 178 valence electrons. The third kappa shape index (κ3) is 4.65. The van der Waals surface area contributed by atoms with Gasteiger partial charge in [0.15, 0.2) is 0 Å². The second-order valence-corrected chi connectivity index (χ2v) is 9.69. The van der Waals surface area contributed by atoms with Gasteiger partial charge in [0.05, 0.1) is 0 Å². The highest BCUT2D eigenvalue weighted by molar-refractivity contribution is 5.85. The van der Waals surface area contributed by atoms with Crippen molar-refractivity contribution in [1.29, 1.82) is 0 Å². The topological polar surface area (TPSA) is 105 Å². The molecule has 2 atom stereocenters. The number of rotatable bonds is 9. The summed E-state index contributed by atoms with van der Waals surface area (Å²) >= 11 is 0. The lowest BCUT2D eigenvalue weighted by Gasteiger charge is -2.34. The van der Waals surface area contributed by atoms with E-state index in [0.717, 1.165) is 43.2 Å². The number of carbonyl (C=O) groups is 3. The van der Waals surface area contributed by atoms with Crippen molar-refractivity contribution >= 4 is 18.0 Å². The van der Waals surface area contributed by atoms with Gasteiger partial charge < -0.3 is 20.5 Å². The van der Waals surface area contributed by atoms with Crippen molar-refractivity contribution in [2.75, 3.05) is 6.61 Å². The molecule has 0 bridgehead atoms. The highest BCUT2D eigenvalue weighted by Crippen LogP contribution is 2.44. The molecule has 0 aliphatic heterocycles. The number of carbonyl (C=O) groups excluding carboxylic acids is 2. The lowest BCUT2D eigenvalue weighted by molar-refractivity contribution is -0.142. The first-order chi connectivity index (χ1) is 16.5. The largest absolute Gasteiger partial charge is 0.480 e. The van der Waals surface area contributed by atoms with Gasteiger partial charge in [0, 0.05) is 18.4 Å². The van der Waals surface area contributed by atoms with Crippen molar-refractivity contribution in [3.05, 3.63) is 59.7 Å². The first-order valence-corrected chi connectivity index (χ1v) is 12.1. The number of benzene rings is 2. The van der Waals surface area contributed by atoms with Crippen molar-refractivity contribution in [2.45, 2.75) is 56.5 Å². The lowest BCUT2D eigenvalue weighted by atomic mass is 9.78. The normalized spacial score (nSPS) is 18.7. The molecule has 0 aromatic heterocycles. The SMILES string of the molecule is O=C(CC(NC(=O)OCC1c2ccccc2-c2ccccc21)C1CCC1)NC(C(=O)O)C1CC1. The fourth-order valence-electron chi connectivity index (χ4n) is 5.21. The van der Waals surface area contributed by atoms with E-state index in [-0.39, 0.29) is 42.7 Å². The van der Waals surface area contributed by atoms with Gasteiger partial charge in [0.2, 0.25) is 5.91 Å². The Labute approximate surface area is 198 Å². The highest BCUT2D eigenvalue weighted by atomic mass is 16.5. The van der Waals surface area contributed by atoms with Crippen LogP contribution >= 0.6 is 0 Å². The molecule has 3 aliphatic carbocycles. The Morgan fingerprint density at radius 3 is 2.03 bits per heavy atom. The zero-order valence-corrected chi connectivity index (χ0v) is 19.0. The highest BCUT2D eigenvalue weighted by Gasteiger charge is 2.38. The quantitative estimate of drug-likeness (QED) is 0.521. The van der Waals surface area contributed by atoms with Crippen molar-refractivity contribution in [1.82, 2.24) is 10.6 Å². The van der Waals surface area contributed by atoms with Gasteiger partial charge in [-0.1, -0.05) is 55.0 Å². The summed E-state index contributed by atoms with van der Waals surface area (Å²) in [4.78, 5) is 36.8. The van der Waals surface area contributed by atoms with Gasteiger partial charge in [-0.2, -0.15) is 0 Å². The van der Waals surface area contributed by atoms with Gasteiger partial charge >= 0.3 is 12.1 Å². The van der Waals surface area contributed by atoms with Crippen LogP contribution in [-0.2, 0) is 14.3 Å². The van der Waals surface area contributed by atoms with Crippen molar-refractivity contribution < 1.29 is 24.2 Å². The summed E-state index contributed by atoms with van der Waals surface area (Å²) in [6.07, 6.45) is 4.10. The number of alkyl carbamates (subject to hydrolysis) is 1. The van der Waals surface area contributed by atoms with E-state index in [9.17, 15) is 19.5 Å². The van der Waals surface area contributed by atoms with Crippen LogP contribution in [0.4, 0.5) is 4.79 Å². The molecule has 3 aliphatic rings. The second kappa shape index (κ2) is 9.49. The molecule has 2 fully saturated rings. The van der Waals surface area contributed by atoms with Crippen LogP contribution in [0.15, 0.2) is 48.5 Å². The second-order valence-electron chi connectivity index (χ2n) is 9.69. The maximum atomic E-state index is 12.7. The van der Waals surface area contributed by atoms with E-state index in [1.165, 1.54) is 11.1 Å². The number of carboxylic acids is 1. The minimum atomic E-state index is -1.000. The van der Waals surface area contributed by atoms with Gasteiger partial charge in [0.1, 0.15) is 12.6 Å². The number of hydrogen-bond acceptors (Lipinski definition) is 4. The third-order valence-corrected chi connectivity index (χ3v) is 7.45. The number of fused-ring (bicyclic) bond motifs is 3. The number of nitrogens with one attached hydrogen (secondary N) is 2. The Bertz CT molecular complexity index is 1050. The van der Waals surface area contributed by atoms with Crippen LogP contribution in [0.25, 0.3) is 11.1 Å². The Kier molecular flexibility index (Phi) is 6.26. The molecule has 0 saturated heterocycles. The summed E-state index contributed by atoms with van der Waals surface area (Å²) in [5.41, 5.74) is 4.62.